The van der Waals surface area contributed by atoms with E-state index in [0.717, 1.165) is 31.0 Å². The van der Waals surface area contributed by atoms with Gasteiger partial charge in [-0.15, -0.1) is 0 Å². The summed E-state index contributed by atoms with van der Waals surface area (Å²) in [5.41, 5.74) is 6.47. The number of nitrogens with zero attached hydrogens (tertiary/aromatic N) is 3. The number of aromatic nitrogens is 3. The molecule has 2 N–H and O–H groups in total. The number of ether oxygens (including phenoxy) is 2. The second kappa shape index (κ2) is 8.43. The highest BCUT2D eigenvalue weighted by Crippen LogP contribution is 2.64. The molecule has 31 heavy (non-hydrogen) atoms. The van der Waals surface area contributed by atoms with Gasteiger partial charge in [0, 0.05) is 36.5 Å². The monoisotopic (exact) mass is 438 g/mol. The van der Waals surface area contributed by atoms with Gasteiger partial charge in [-0.1, -0.05) is 6.92 Å². The molecule has 0 amide bonds. The van der Waals surface area contributed by atoms with Gasteiger partial charge < -0.3 is 15.2 Å². The van der Waals surface area contributed by atoms with Crippen LogP contribution >= 0.6 is 0 Å². The summed E-state index contributed by atoms with van der Waals surface area (Å²) in [6.45, 7) is 5.36. The van der Waals surface area contributed by atoms with Crippen molar-refractivity contribution < 1.29 is 22.6 Å². The highest BCUT2D eigenvalue weighted by molar-refractivity contribution is 5.63. The molecule has 0 radical (unpaired) electrons. The average molecular weight is 438 g/mol. The van der Waals surface area contributed by atoms with Gasteiger partial charge in [0.1, 0.15) is 5.82 Å². The zero-order chi connectivity index (χ0) is 22.3. The molecule has 6 nitrogen and oxygen atoms in total. The number of nitrogen functional groups attached to an aromatic ring is 1. The first-order valence-corrected chi connectivity index (χ1v) is 10.8. The molecule has 1 unspecified atom stereocenters. The van der Waals surface area contributed by atoms with Crippen molar-refractivity contribution in [3.8, 4) is 11.3 Å². The van der Waals surface area contributed by atoms with E-state index in [1.165, 1.54) is 6.20 Å². The Bertz CT molecular complexity index is 918. The Kier molecular flexibility index (Phi) is 6.00. The number of nitrogens with two attached hydrogens (primary N) is 1. The lowest BCUT2D eigenvalue weighted by atomic mass is 10.0. The molecule has 2 aromatic rings. The minimum Gasteiger partial charge on any atom is -0.383 e. The van der Waals surface area contributed by atoms with Gasteiger partial charge in [-0.2, -0.15) is 18.3 Å². The third kappa shape index (κ3) is 4.30. The number of anilines is 1. The standard InChI is InChI=1S/C22H29F3N4O2/c1-4-12(2)29-19(20-15-8-14(9-16(15)20)31-6-5-30-3)10-18(28-29)13-7-17(22(23,24)25)21(26)27-11-13/h7,10-12,14-16,20H,4-6,8-9H2,1-3H3,(H2,26,27)/t12?,14-,15+,16-,20-. The molecule has 0 saturated heterocycles. The van der Waals surface area contributed by atoms with Crippen molar-refractivity contribution in [2.45, 2.75) is 57.3 Å². The number of alkyl halides is 3. The van der Waals surface area contributed by atoms with Crippen LogP contribution in [0.15, 0.2) is 18.3 Å². The number of rotatable bonds is 8. The third-order valence-corrected chi connectivity index (χ3v) is 6.68. The minimum absolute atomic E-state index is 0.155. The van der Waals surface area contributed by atoms with Crippen molar-refractivity contribution in [2.75, 3.05) is 26.1 Å². The van der Waals surface area contributed by atoms with Crippen molar-refractivity contribution in [3.05, 3.63) is 29.6 Å². The lowest BCUT2D eigenvalue weighted by Crippen LogP contribution is -2.16. The van der Waals surface area contributed by atoms with Crippen LogP contribution in [0.3, 0.4) is 0 Å². The fourth-order valence-electron chi connectivity index (χ4n) is 4.83. The van der Waals surface area contributed by atoms with Gasteiger partial charge in [0.15, 0.2) is 0 Å². The van der Waals surface area contributed by atoms with Gasteiger partial charge in [0.2, 0.25) is 0 Å². The van der Waals surface area contributed by atoms with Gasteiger partial charge in [-0.25, -0.2) is 4.98 Å². The maximum Gasteiger partial charge on any atom is 0.419 e. The van der Waals surface area contributed by atoms with Gasteiger partial charge >= 0.3 is 6.18 Å². The number of methoxy groups -OCH3 is 1. The number of pyridine rings is 1. The zero-order valence-corrected chi connectivity index (χ0v) is 18.0. The van der Waals surface area contributed by atoms with Crippen LogP contribution in [-0.2, 0) is 15.7 Å². The van der Waals surface area contributed by atoms with Gasteiger partial charge in [0.25, 0.3) is 0 Å². The summed E-state index contributed by atoms with van der Waals surface area (Å²) in [6.07, 6.45) is -0.0432. The van der Waals surface area contributed by atoms with E-state index >= 15 is 0 Å². The normalized spacial score (nSPS) is 26.1. The summed E-state index contributed by atoms with van der Waals surface area (Å²) < 4.78 is 52.8. The zero-order valence-electron chi connectivity index (χ0n) is 18.0. The van der Waals surface area contributed by atoms with Crippen molar-refractivity contribution in [1.82, 2.24) is 14.8 Å². The molecule has 2 fully saturated rings. The van der Waals surface area contributed by atoms with Crippen LogP contribution in [0.2, 0.25) is 0 Å². The Morgan fingerprint density at radius 2 is 1.94 bits per heavy atom. The second-order valence-corrected chi connectivity index (χ2v) is 8.62. The van der Waals surface area contributed by atoms with Gasteiger partial charge in [-0.05, 0) is 50.2 Å². The number of fused-ring (bicyclic) bond motifs is 1. The number of hydrogen-bond donors (Lipinski definition) is 1. The predicted octanol–water partition coefficient (Wildman–Crippen LogP) is 4.67. The summed E-state index contributed by atoms with van der Waals surface area (Å²) in [4.78, 5) is 3.77. The summed E-state index contributed by atoms with van der Waals surface area (Å²) in [5, 5.41) is 4.69. The van der Waals surface area contributed by atoms with Crippen LogP contribution in [0.5, 0.6) is 0 Å². The van der Waals surface area contributed by atoms with Crippen molar-refractivity contribution in [2.24, 2.45) is 11.8 Å². The molecule has 0 spiro atoms. The van der Waals surface area contributed by atoms with Gasteiger partial charge in [-0.3, -0.25) is 4.68 Å². The molecule has 2 saturated carbocycles. The van der Waals surface area contributed by atoms with E-state index < -0.39 is 17.6 Å². The van der Waals surface area contributed by atoms with Crippen LogP contribution in [0.1, 0.15) is 56.3 Å². The minimum atomic E-state index is -4.56. The molecule has 9 heteroatoms. The molecule has 0 aliphatic heterocycles. The van der Waals surface area contributed by atoms with Crippen LogP contribution in [0.25, 0.3) is 11.3 Å². The first kappa shape index (κ1) is 22.1. The lowest BCUT2D eigenvalue weighted by molar-refractivity contribution is -0.137. The van der Waals surface area contributed by atoms with E-state index in [1.807, 2.05) is 10.7 Å². The number of halogens is 3. The Labute approximate surface area is 179 Å². The highest BCUT2D eigenvalue weighted by atomic mass is 19.4. The topological polar surface area (TPSA) is 75.2 Å². The molecule has 2 aromatic heterocycles. The Morgan fingerprint density at radius 1 is 1.23 bits per heavy atom. The van der Waals surface area contributed by atoms with E-state index in [9.17, 15) is 13.2 Å². The predicted molar refractivity (Wildman–Crippen MR) is 110 cm³/mol. The first-order chi connectivity index (χ1) is 14.7. The van der Waals surface area contributed by atoms with E-state index in [-0.39, 0.29) is 12.1 Å². The molecule has 0 aromatic carbocycles. The molecule has 0 bridgehead atoms. The quantitative estimate of drug-likeness (QED) is 0.606. The maximum atomic E-state index is 13.3. The molecule has 2 aliphatic rings. The summed E-state index contributed by atoms with van der Waals surface area (Å²) in [5.74, 6) is 0.931. The van der Waals surface area contributed by atoms with E-state index in [0.29, 0.717) is 42.2 Å². The first-order valence-electron chi connectivity index (χ1n) is 10.8. The summed E-state index contributed by atoms with van der Waals surface area (Å²) >= 11 is 0. The van der Waals surface area contributed by atoms with Crippen LogP contribution < -0.4 is 5.73 Å². The van der Waals surface area contributed by atoms with E-state index in [1.54, 1.807) is 7.11 Å². The summed E-state index contributed by atoms with van der Waals surface area (Å²) in [6, 6.07) is 3.13. The fraction of sp³-hybridized carbons (Fsp3) is 0.636. The van der Waals surface area contributed by atoms with Crippen molar-refractivity contribution >= 4 is 5.82 Å². The van der Waals surface area contributed by atoms with Crippen LogP contribution in [0, 0.1) is 11.8 Å². The fourth-order valence-corrected chi connectivity index (χ4v) is 4.83. The number of hydrogen-bond acceptors (Lipinski definition) is 5. The van der Waals surface area contributed by atoms with Gasteiger partial charge in [0.05, 0.1) is 30.6 Å². The third-order valence-electron chi connectivity index (χ3n) is 6.68. The molecule has 5 atom stereocenters. The van der Waals surface area contributed by atoms with E-state index in [2.05, 4.69) is 18.8 Å². The molecule has 2 aliphatic carbocycles. The molecule has 4 rings (SSSR count). The van der Waals surface area contributed by atoms with Crippen molar-refractivity contribution in [1.29, 1.82) is 0 Å². The second-order valence-electron chi connectivity index (χ2n) is 8.62. The smallest absolute Gasteiger partial charge is 0.383 e. The average Bonchev–Trinajstić information content (AvgIpc) is 3.08. The Balaban J connectivity index is 1.58. The molecular formula is C22H29F3N4O2. The Morgan fingerprint density at radius 3 is 2.55 bits per heavy atom. The molecule has 2 heterocycles. The largest absolute Gasteiger partial charge is 0.419 e. The Hall–Kier alpha value is -2.13. The molecule has 170 valence electrons. The maximum absolute atomic E-state index is 13.3. The van der Waals surface area contributed by atoms with Crippen LogP contribution in [0.4, 0.5) is 19.0 Å². The van der Waals surface area contributed by atoms with E-state index in [4.69, 9.17) is 20.3 Å². The van der Waals surface area contributed by atoms with Crippen LogP contribution in [-0.4, -0.2) is 41.2 Å². The highest BCUT2D eigenvalue weighted by Gasteiger charge is 2.58. The van der Waals surface area contributed by atoms with Crippen molar-refractivity contribution in [3.63, 3.8) is 0 Å². The SMILES string of the molecule is CCC(C)n1nc(-c2cnc(N)c(C(F)(F)F)c2)cc1[C@H]1[C@@H]2C[C@H](OCCOC)C[C@@H]21. The lowest BCUT2D eigenvalue weighted by Gasteiger charge is -2.18. The molecular weight excluding hydrogens is 409 g/mol. The summed E-state index contributed by atoms with van der Waals surface area (Å²) in [7, 11) is 1.66.